The molecule has 24 heavy (non-hydrogen) atoms. The summed E-state index contributed by atoms with van der Waals surface area (Å²) in [4.78, 5) is 28.4. The van der Waals surface area contributed by atoms with Crippen LogP contribution >= 0.6 is 36.2 Å². The number of carbonyl (C=O) groups is 1. The van der Waals surface area contributed by atoms with Crippen molar-refractivity contribution in [2.45, 2.75) is 31.3 Å². The van der Waals surface area contributed by atoms with Gasteiger partial charge in [-0.05, 0) is 31.9 Å². The smallest absolute Gasteiger partial charge is 0.266 e. The number of nitrogens with zero attached hydrogens (tertiary/aromatic N) is 4. The van der Waals surface area contributed by atoms with Gasteiger partial charge in [-0.25, -0.2) is 15.0 Å². The van der Waals surface area contributed by atoms with Gasteiger partial charge in [-0.2, -0.15) is 0 Å². The van der Waals surface area contributed by atoms with Crippen molar-refractivity contribution in [3.8, 4) is 10.8 Å². The van der Waals surface area contributed by atoms with Crippen molar-refractivity contribution >= 4 is 42.1 Å². The lowest BCUT2D eigenvalue weighted by molar-refractivity contribution is 0.0685. The van der Waals surface area contributed by atoms with E-state index >= 15 is 0 Å². The second-order valence-electron chi connectivity index (χ2n) is 5.69. The molecule has 2 saturated heterocycles. The summed E-state index contributed by atoms with van der Waals surface area (Å²) in [5.74, 6) is 0.683. The van der Waals surface area contributed by atoms with Crippen LogP contribution in [0.1, 0.15) is 28.9 Å². The molecule has 0 radical (unpaired) electrons. The Hall–Kier alpha value is -1.28. The molecule has 1 N–H and O–H groups in total. The van der Waals surface area contributed by atoms with E-state index in [-0.39, 0.29) is 30.7 Å². The van der Waals surface area contributed by atoms with E-state index in [1.807, 2.05) is 0 Å². The van der Waals surface area contributed by atoms with Crippen molar-refractivity contribution < 1.29 is 4.79 Å². The lowest BCUT2D eigenvalue weighted by Gasteiger charge is -2.27. The largest absolute Gasteiger partial charge is 0.331 e. The number of thiazole rings is 1. The Kier molecular flexibility index (Phi) is 6.51. The van der Waals surface area contributed by atoms with Gasteiger partial charge in [0.1, 0.15) is 4.88 Å². The van der Waals surface area contributed by atoms with E-state index < -0.39 is 0 Å². The minimum absolute atomic E-state index is 0. The number of carbonyl (C=O) groups excluding carboxylic acids is 1. The Morgan fingerprint density at radius 2 is 1.88 bits per heavy atom. The van der Waals surface area contributed by atoms with E-state index in [2.05, 4.69) is 25.2 Å². The fourth-order valence-electron chi connectivity index (χ4n) is 3.33. The lowest BCUT2D eigenvalue weighted by Crippen LogP contribution is -2.42. The molecule has 1 amide bonds. The Labute approximate surface area is 156 Å². The van der Waals surface area contributed by atoms with Crippen molar-refractivity contribution in [2.75, 3.05) is 13.1 Å². The summed E-state index contributed by atoms with van der Waals surface area (Å²) in [5.41, 5.74) is 0. The molecule has 0 aliphatic carbocycles. The van der Waals surface area contributed by atoms with Crippen molar-refractivity contribution in [1.82, 2.24) is 25.2 Å². The van der Waals surface area contributed by atoms with Gasteiger partial charge in [-0.1, -0.05) is 0 Å². The third kappa shape index (κ3) is 3.54. The van der Waals surface area contributed by atoms with Crippen LogP contribution in [0.5, 0.6) is 0 Å². The molecule has 0 aromatic carbocycles. The Morgan fingerprint density at radius 3 is 2.67 bits per heavy atom. The van der Waals surface area contributed by atoms with E-state index in [4.69, 9.17) is 0 Å². The average molecular weight is 388 g/mol. The molecule has 2 aromatic heterocycles. The molecule has 6 nitrogen and oxygen atoms in total. The predicted octanol–water partition coefficient (Wildman–Crippen LogP) is 2.41. The van der Waals surface area contributed by atoms with Gasteiger partial charge in [0.2, 0.25) is 0 Å². The minimum Gasteiger partial charge on any atom is -0.331 e. The zero-order chi connectivity index (χ0) is 14.9. The highest BCUT2D eigenvalue weighted by molar-refractivity contribution is 7.16. The monoisotopic (exact) mass is 387 g/mol. The van der Waals surface area contributed by atoms with E-state index in [9.17, 15) is 4.79 Å². The molecular formula is C15H19Cl2N5OS. The molecule has 130 valence electrons. The minimum atomic E-state index is 0. The van der Waals surface area contributed by atoms with Crippen LogP contribution in [0.25, 0.3) is 10.8 Å². The quantitative estimate of drug-likeness (QED) is 0.856. The van der Waals surface area contributed by atoms with Crippen LogP contribution in [0.15, 0.2) is 24.7 Å². The topological polar surface area (TPSA) is 71.0 Å². The number of fused-ring (bicyclic) bond motifs is 2. The van der Waals surface area contributed by atoms with Crippen LogP contribution in [-0.4, -0.2) is 50.9 Å². The molecule has 0 saturated carbocycles. The normalized spacial score (nSPS) is 22.2. The van der Waals surface area contributed by atoms with E-state index in [0.717, 1.165) is 32.4 Å². The first-order chi connectivity index (χ1) is 10.8. The summed E-state index contributed by atoms with van der Waals surface area (Å²) in [7, 11) is 0. The second-order valence-corrected chi connectivity index (χ2v) is 6.72. The predicted molar refractivity (Wildman–Crippen MR) is 98.1 cm³/mol. The molecule has 0 spiro atoms. The van der Waals surface area contributed by atoms with Crippen LogP contribution in [-0.2, 0) is 0 Å². The van der Waals surface area contributed by atoms with Crippen molar-refractivity contribution in [3.05, 3.63) is 29.5 Å². The Morgan fingerprint density at radius 1 is 1.12 bits per heavy atom. The number of aromatic nitrogens is 3. The highest BCUT2D eigenvalue weighted by atomic mass is 35.5. The second kappa shape index (κ2) is 8.20. The number of rotatable bonds is 2. The van der Waals surface area contributed by atoms with Crippen LogP contribution < -0.4 is 5.32 Å². The fourth-order valence-corrected chi connectivity index (χ4v) is 4.14. The summed E-state index contributed by atoms with van der Waals surface area (Å²) >= 11 is 1.38. The van der Waals surface area contributed by atoms with Crippen LogP contribution in [0.3, 0.4) is 0 Å². The first-order valence-electron chi connectivity index (χ1n) is 7.59. The summed E-state index contributed by atoms with van der Waals surface area (Å²) in [5, 5.41) is 4.12. The lowest BCUT2D eigenvalue weighted by atomic mass is 10.1. The van der Waals surface area contributed by atoms with Gasteiger partial charge >= 0.3 is 0 Å². The number of hydrogen-bond acceptors (Lipinski definition) is 6. The first-order valence-corrected chi connectivity index (χ1v) is 8.41. The Bertz CT molecular complexity index is 670. The summed E-state index contributed by atoms with van der Waals surface area (Å²) in [6.07, 6.45) is 8.28. The molecule has 2 unspecified atom stereocenters. The molecule has 2 aromatic rings. The molecule has 2 aliphatic rings. The molecule has 2 bridgehead atoms. The molecule has 2 atom stereocenters. The van der Waals surface area contributed by atoms with Gasteiger partial charge in [0, 0.05) is 31.0 Å². The number of nitrogens with one attached hydrogen (secondary N) is 1. The van der Waals surface area contributed by atoms with Crippen molar-refractivity contribution in [2.24, 2.45) is 0 Å². The van der Waals surface area contributed by atoms with Gasteiger partial charge in [0.15, 0.2) is 10.8 Å². The third-order valence-corrected chi connectivity index (χ3v) is 5.34. The van der Waals surface area contributed by atoms with Gasteiger partial charge in [-0.15, -0.1) is 36.2 Å². The van der Waals surface area contributed by atoms with Crippen LogP contribution in [0.4, 0.5) is 0 Å². The molecule has 2 aliphatic heterocycles. The highest BCUT2D eigenvalue weighted by Gasteiger charge is 2.38. The summed E-state index contributed by atoms with van der Waals surface area (Å²) in [6.45, 7) is 1.90. The molecule has 2 fully saturated rings. The highest BCUT2D eigenvalue weighted by Crippen LogP contribution is 2.31. The summed E-state index contributed by atoms with van der Waals surface area (Å²) < 4.78 is 0. The van der Waals surface area contributed by atoms with Crippen LogP contribution in [0.2, 0.25) is 0 Å². The van der Waals surface area contributed by atoms with Crippen LogP contribution in [0, 0.1) is 0 Å². The molecular weight excluding hydrogens is 369 g/mol. The van der Waals surface area contributed by atoms with Crippen molar-refractivity contribution in [3.63, 3.8) is 0 Å². The van der Waals surface area contributed by atoms with Gasteiger partial charge in [-0.3, -0.25) is 4.79 Å². The van der Waals surface area contributed by atoms with Crippen molar-refractivity contribution in [1.29, 1.82) is 0 Å². The molecule has 4 rings (SSSR count). The van der Waals surface area contributed by atoms with E-state index in [1.165, 1.54) is 11.3 Å². The first kappa shape index (κ1) is 19.1. The Balaban J connectivity index is 0.00000104. The zero-order valence-corrected chi connectivity index (χ0v) is 15.4. The van der Waals surface area contributed by atoms with Gasteiger partial charge in [0.05, 0.1) is 6.20 Å². The van der Waals surface area contributed by atoms with E-state index in [0.29, 0.717) is 27.8 Å². The molecule has 4 heterocycles. The number of hydrogen-bond donors (Lipinski definition) is 1. The number of halogens is 2. The van der Waals surface area contributed by atoms with Gasteiger partial charge < -0.3 is 10.2 Å². The third-order valence-electron chi connectivity index (χ3n) is 4.36. The van der Waals surface area contributed by atoms with E-state index in [1.54, 1.807) is 24.7 Å². The fraction of sp³-hybridized carbons (Fsp3) is 0.467. The number of amides is 1. The summed E-state index contributed by atoms with van der Waals surface area (Å²) in [6, 6.07) is 2.45. The standard InChI is InChI=1S/C15H17N5OS.2ClH/c21-15(20-10-2-3-11(20)8-16-7-4-10)12-9-19-14(22-12)13-17-5-1-6-18-13;;/h1,5-6,9-11,16H,2-4,7-8H2;2*1H. The zero-order valence-electron chi connectivity index (χ0n) is 12.9. The SMILES string of the molecule is Cl.Cl.O=C(c1cnc(-c2ncccn2)s1)N1C2CCNCC1CC2. The maximum Gasteiger partial charge on any atom is 0.266 e. The maximum atomic E-state index is 12.9. The average Bonchev–Trinajstić information content (AvgIpc) is 3.12. The molecule has 9 heteroatoms. The van der Waals surface area contributed by atoms with Gasteiger partial charge in [0.25, 0.3) is 5.91 Å². The maximum absolute atomic E-state index is 12.9.